The smallest absolute Gasteiger partial charge is 0.270 e. The Bertz CT molecular complexity index is 1160. The molecule has 1 aliphatic heterocycles. The quantitative estimate of drug-likeness (QED) is 0.351. The summed E-state index contributed by atoms with van der Waals surface area (Å²) >= 11 is 0. The highest BCUT2D eigenvalue weighted by Gasteiger charge is 2.31. The van der Waals surface area contributed by atoms with Gasteiger partial charge in [-0.3, -0.25) is 19.7 Å². The monoisotopic (exact) mass is 467 g/mol. The van der Waals surface area contributed by atoms with Crippen LogP contribution >= 0.6 is 0 Å². The first-order chi connectivity index (χ1) is 15.1. The zero-order chi connectivity index (χ0) is 23.5. The molecular weight excluding hydrogens is 448 g/mol. The normalized spacial score (nSPS) is 14.9. The molecule has 1 amide bonds. The van der Waals surface area contributed by atoms with Gasteiger partial charge in [0.2, 0.25) is 15.9 Å². The minimum absolute atomic E-state index is 0.0166. The van der Waals surface area contributed by atoms with Crippen LogP contribution in [0.3, 0.4) is 0 Å². The predicted molar refractivity (Wildman–Crippen MR) is 108 cm³/mol. The van der Waals surface area contributed by atoms with Crippen LogP contribution in [0.1, 0.15) is 23.2 Å². The van der Waals surface area contributed by atoms with Crippen LogP contribution in [0.2, 0.25) is 0 Å². The average molecular weight is 467 g/mol. The first kappa shape index (κ1) is 23.4. The van der Waals surface area contributed by atoms with Crippen LogP contribution in [0.5, 0.6) is 0 Å². The summed E-state index contributed by atoms with van der Waals surface area (Å²) in [5, 5.41) is 10.9. The molecule has 1 aliphatic rings. The maximum atomic E-state index is 13.7. The zero-order valence-electron chi connectivity index (χ0n) is 16.7. The third-order valence-electron chi connectivity index (χ3n) is 5.06. The SMILES string of the molecule is O=C(CCC(=O)N1CCN(S(=O)(=O)c2cccc([N+](=O)[O-])c2)CC1)c1ccc(F)cc1F. The van der Waals surface area contributed by atoms with Gasteiger partial charge in [0.05, 0.1) is 15.4 Å². The molecule has 2 aromatic rings. The van der Waals surface area contributed by atoms with E-state index < -0.39 is 38.3 Å². The molecule has 0 bridgehead atoms. The van der Waals surface area contributed by atoms with Gasteiger partial charge in [-0.15, -0.1) is 0 Å². The number of rotatable bonds is 7. The number of piperazine rings is 1. The van der Waals surface area contributed by atoms with Gasteiger partial charge in [0.25, 0.3) is 5.69 Å². The molecule has 12 heteroatoms. The third kappa shape index (κ3) is 5.14. The Labute approximate surface area is 182 Å². The molecule has 32 heavy (non-hydrogen) atoms. The second-order valence-corrected chi connectivity index (χ2v) is 9.02. The minimum Gasteiger partial charge on any atom is -0.340 e. The number of hydrogen-bond donors (Lipinski definition) is 0. The second-order valence-electron chi connectivity index (χ2n) is 7.09. The summed E-state index contributed by atoms with van der Waals surface area (Å²) in [6.07, 6.45) is -0.471. The van der Waals surface area contributed by atoms with Gasteiger partial charge in [-0.05, 0) is 18.2 Å². The number of nitro groups is 1. The van der Waals surface area contributed by atoms with E-state index in [9.17, 15) is 36.9 Å². The Morgan fingerprint density at radius 1 is 1.00 bits per heavy atom. The largest absolute Gasteiger partial charge is 0.340 e. The number of sulfonamides is 1. The molecule has 0 radical (unpaired) electrons. The van der Waals surface area contributed by atoms with Crippen molar-refractivity contribution < 1.29 is 31.7 Å². The van der Waals surface area contributed by atoms with Crippen LogP contribution in [0.4, 0.5) is 14.5 Å². The number of nitro benzene ring substituents is 1. The Balaban J connectivity index is 1.57. The fraction of sp³-hybridized carbons (Fsp3) is 0.300. The Kier molecular flexibility index (Phi) is 6.94. The van der Waals surface area contributed by atoms with Gasteiger partial charge in [0.15, 0.2) is 5.78 Å². The molecule has 0 saturated carbocycles. The van der Waals surface area contributed by atoms with Crippen molar-refractivity contribution in [3.63, 3.8) is 0 Å². The number of non-ortho nitro benzene ring substituents is 1. The van der Waals surface area contributed by atoms with Crippen LogP contribution in [0.25, 0.3) is 0 Å². The second kappa shape index (κ2) is 9.49. The minimum atomic E-state index is -3.97. The van der Waals surface area contributed by atoms with E-state index in [0.29, 0.717) is 6.07 Å². The van der Waals surface area contributed by atoms with Crippen molar-refractivity contribution >= 4 is 27.4 Å². The van der Waals surface area contributed by atoms with Crippen molar-refractivity contribution in [1.29, 1.82) is 0 Å². The number of nitrogens with zero attached hydrogens (tertiary/aromatic N) is 3. The molecule has 170 valence electrons. The van der Waals surface area contributed by atoms with Crippen molar-refractivity contribution in [2.45, 2.75) is 17.7 Å². The number of amides is 1. The summed E-state index contributed by atoms with van der Waals surface area (Å²) in [5.41, 5.74) is -0.644. The zero-order valence-corrected chi connectivity index (χ0v) is 17.6. The van der Waals surface area contributed by atoms with E-state index in [0.717, 1.165) is 22.5 Å². The molecule has 1 fully saturated rings. The molecule has 1 heterocycles. The first-order valence-electron chi connectivity index (χ1n) is 9.60. The van der Waals surface area contributed by atoms with Crippen molar-refractivity contribution in [3.8, 4) is 0 Å². The van der Waals surface area contributed by atoms with Crippen molar-refractivity contribution in [2.24, 2.45) is 0 Å². The summed E-state index contributed by atoms with van der Waals surface area (Å²) in [5.74, 6) is -2.84. The fourth-order valence-electron chi connectivity index (χ4n) is 3.31. The van der Waals surface area contributed by atoms with Gasteiger partial charge in [-0.2, -0.15) is 4.31 Å². The van der Waals surface area contributed by atoms with E-state index in [1.807, 2.05) is 0 Å². The lowest BCUT2D eigenvalue weighted by Crippen LogP contribution is -2.50. The highest BCUT2D eigenvalue weighted by atomic mass is 32.2. The first-order valence-corrected chi connectivity index (χ1v) is 11.0. The van der Waals surface area contributed by atoms with Crippen molar-refractivity contribution in [2.75, 3.05) is 26.2 Å². The van der Waals surface area contributed by atoms with Crippen LogP contribution in [-0.2, 0) is 14.8 Å². The number of ketones is 1. The van der Waals surface area contributed by atoms with Crippen LogP contribution < -0.4 is 0 Å². The topological polar surface area (TPSA) is 118 Å². The molecule has 3 rings (SSSR count). The molecule has 0 aromatic heterocycles. The third-order valence-corrected chi connectivity index (χ3v) is 6.95. The van der Waals surface area contributed by atoms with Crippen LogP contribution in [-0.4, -0.2) is 60.4 Å². The molecule has 0 N–H and O–H groups in total. The molecule has 2 aromatic carbocycles. The summed E-state index contributed by atoms with van der Waals surface area (Å²) in [6.45, 7) is 0.118. The van der Waals surface area contributed by atoms with Gasteiger partial charge < -0.3 is 4.90 Å². The molecule has 9 nitrogen and oxygen atoms in total. The molecule has 0 aliphatic carbocycles. The lowest BCUT2D eigenvalue weighted by Gasteiger charge is -2.34. The molecule has 0 unspecified atom stereocenters. The lowest BCUT2D eigenvalue weighted by atomic mass is 10.1. The van der Waals surface area contributed by atoms with Crippen molar-refractivity contribution in [1.82, 2.24) is 9.21 Å². The maximum Gasteiger partial charge on any atom is 0.270 e. The molecule has 0 atom stereocenters. The van der Waals surface area contributed by atoms with Crippen LogP contribution in [0, 0.1) is 21.7 Å². The molecule has 1 saturated heterocycles. The van der Waals surface area contributed by atoms with E-state index >= 15 is 0 Å². The summed E-state index contributed by atoms with van der Waals surface area (Å²) in [7, 11) is -3.97. The highest BCUT2D eigenvalue weighted by molar-refractivity contribution is 7.89. The predicted octanol–water partition coefficient (Wildman–Crippen LogP) is 2.37. The lowest BCUT2D eigenvalue weighted by molar-refractivity contribution is -0.385. The number of benzene rings is 2. The Morgan fingerprint density at radius 2 is 1.69 bits per heavy atom. The summed E-state index contributed by atoms with van der Waals surface area (Å²) in [6, 6.07) is 7.29. The van der Waals surface area contributed by atoms with Gasteiger partial charge in [-0.1, -0.05) is 6.07 Å². The van der Waals surface area contributed by atoms with Gasteiger partial charge in [0, 0.05) is 57.2 Å². The van der Waals surface area contributed by atoms with E-state index in [1.54, 1.807) is 0 Å². The van der Waals surface area contributed by atoms with Gasteiger partial charge >= 0.3 is 0 Å². The van der Waals surface area contributed by atoms with E-state index in [2.05, 4.69) is 0 Å². The summed E-state index contributed by atoms with van der Waals surface area (Å²) < 4.78 is 53.3. The number of hydrogen-bond acceptors (Lipinski definition) is 6. The van der Waals surface area contributed by atoms with Gasteiger partial charge in [0.1, 0.15) is 11.6 Å². The Morgan fingerprint density at radius 3 is 2.31 bits per heavy atom. The van der Waals surface area contributed by atoms with Crippen LogP contribution in [0.15, 0.2) is 47.4 Å². The maximum absolute atomic E-state index is 13.7. The summed E-state index contributed by atoms with van der Waals surface area (Å²) in [4.78, 5) is 35.9. The number of carbonyl (C=O) groups is 2. The average Bonchev–Trinajstić information content (AvgIpc) is 2.77. The van der Waals surface area contributed by atoms with Crippen molar-refractivity contribution in [3.05, 3.63) is 69.8 Å². The number of Topliss-reactive ketones (excluding diaryl/α,β-unsaturated/α-hetero) is 1. The molecular formula is C20H19F2N3O6S. The number of halogens is 2. The standard InChI is InChI=1S/C20H19F2N3O6S/c21-14-4-5-17(18(22)12-14)19(26)6-7-20(27)23-8-10-24(11-9-23)32(30,31)16-3-1-2-15(13-16)25(28)29/h1-5,12-13H,6-11H2. The highest BCUT2D eigenvalue weighted by Crippen LogP contribution is 2.22. The van der Waals surface area contributed by atoms with E-state index in [4.69, 9.17) is 0 Å². The van der Waals surface area contributed by atoms with Gasteiger partial charge in [-0.25, -0.2) is 17.2 Å². The van der Waals surface area contributed by atoms with E-state index in [-0.39, 0.29) is 55.2 Å². The Hall–Kier alpha value is -3.25. The molecule has 0 spiro atoms. The van der Waals surface area contributed by atoms with E-state index in [1.165, 1.54) is 23.1 Å². The number of carbonyl (C=O) groups excluding carboxylic acids is 2. The fourth-order valence-corrected chi connectivity index (χ4v) is 4.78.